The summed E-state index contributed by atoms with van der Waals surface area (Å²) in [4.78, 5) is 4.80. The third-order valence-corrected chi connectivity index (χ3v) is 5.45. The molecule has 0 heterocycles. The van der Waals surface area contributed by atoms with Gasteiger partial charge in [0.05, 0.1) is 0 Å². The van der Waals surface area contributed by atoms with Crippen LogP contribution in [0.2, 0.25) is 0 Å². The van der Waals surface area contributed by atoms with Gasteiger partial charge in [-0.15, -0.1) is 0 Å². The van der Waals surface area contributed by atoms with Crippen molar-refractivity contribution in [2.75, 3.05) is 40.8 Å². The Hall–Kier alpha value is -0.120. The molecule has 1 rings (SSSR count). The lowest BCUT2D eigenvalue weighted by Crippen LogP contribution is -2.53. The average molecular weight is 284 g/mol. The van der Waals surface area contributed by atoms with Crippen molar-refractivity contribution >= 4 is 0 Å². The van der Waals surface area contributed by atoms with Crippen molar-refractivity contribution < 1.29 is 0 Å². The number of likely N-dealkylation sites (N-methyl/N-ethyl adjacent to an activating group) is 2. The van der Waals surface area contributed by atoms with Crippen LogP contribution in [-0.4, -0.2) is 56.1 Å². The summed E-state index contributed by atoms with van der Waals surface area (Å²) in [6, 6.07) is 0. The largest absolute Gasteiger partial charge is 0.329 e. The molecule has 0 aromatic carbocycles. The molecule has 3 nitrogen and oxygen atoms in total. The maximum absolute atomic E-state index is 6.21. The van der Waals surface area contributed by atoms with Gasteiger partial charge < -0.3 is 10.6 Å². The average Bonchev–Trinajstić information content (AvgIpc) is 2.58. The Kier molecular flexibility index (Phi) is 6.49. The van der Waals surface area contributed by atoms with Crippen molar-refractivity contribution in [1.29, 1.82) is 0 Å². The SMILES string of the molecule is CN(C)CCN(C)C1(CN)CCCC(C(C)(C)C)CC1. The van der Waals surface area contributed by atoms with E-state index in [9.17, 15) is 0 Å². The van der Waals surface area contributed by atoms with Crippen LogP contribution in [0.5, 0.6) is 0 Å². The zero-order valence-corrected chi connectivity index (χ0v) is 14.7. The molecule has 1 saturated carbocycles. The number of nitrogens with zero attached hydrogens (tertiary/aromatic N) is 2. The van der Waals surface area contributed by atoms with E-state index in [-0.39, 0.29) is 5.54 Å². The van der Waals surface area contributed by atoms with E-state index in [2.05, 4.69) is 51.7 Å². The van der Waals surface area contributed by atoms with E-state index in [1.165, 1.54) is 32.1 Å². The van der Waals surface area contributed by atoms with Gasteiger partial charge in [-0.25, -0.2) is 0 Å². The van der Waals surface area contributed by atoms with Gasteiger partial charge in [0.15, 0.2) is 0 Å². The Morgan fingerprint density at radius 3 is 2.20 bits per heavy atom. The van der Waals surface area contributed by atoms with Crippen molar-refractivity contribution in [2.24, 2.45) is 17.1 Å². The summed E-state index contributed by atoms with van der Waals surface area (Å²) in [7, 11) is 6.56. The van der Waals surface area contributed by atoms with Gasteiger partial charge in [-0.3, -0.25) is 4.90 Å². The highest BCUT2D eigenvalue weighted by molar-refractivity contribution is 4.94. The van der Waals surface area contributed by atoms with Gasteiger partial charge >= 0.3 is 0 Å². The minimum Gasteiger partial charge on any atom is -0.329 e. The van der Waals surface area contributed by atoms with Crippen LogP contribution in [0, 0.1) is 11.3 Å². The molecule has 0 spiro atoms. The van der Waals surface area contributed by atoms with Gasteiger partial charge in [0.25, 0.3) is 0 Å². The zero-order chi connectivity index (χ0) is 15.4. The monoisotopic (exact) mass is 283 g/mol. The highest BCUT2D eigenvalue weighted by Crippen LogP contribution is 2.41. The van der Waals surface area contributed by atoms with Gasteiger partial charge in [0.1, 0.15) is 0 Å². The molecule has 0 saturated heterocycles. The molecular formula is C17H37N3. The first-order valence-electron chi connectivity index (χ1n) is 8.27. The molecule has 2 N–H and O–H groups in total. The number of hydrogen-bond donors (Lipinski definition) is 1. The molecule has 0 bridgehead atoms. The van der Waals surface area contributed by atoms with E-state index in [0.29, 0.717) is 5.41 Å². The van der Waals surface area contributed by atoms with Crippen LogP contribution in [0.3, 0.4) is 0 Å². The Morgan fingerprint density at radius 2 is 1.70 bits per heavy atom. The summed E-state index contributed by atoms with van der Waals surface area (Å²) in [5.74, 6) is 0.846. The van der Waals surface area contributed by atoms with E-state index < -0.39 is 0 Å². The molecule has 0 aliphatic heterocycles. The third-order valence-electron chi connectivity index (χ3n) is 5.45. The molecule has 120 valence electrons. The van der Waals surface area contributed by atoms with Gasteiger partial charge in [-0.2, -0.15) is 0 Å². The minimum absolute atomic E-state index is 0.232. The molecule has 1 aliphatic rings. The number of rotatable bonds is 5. The van der Waals surface area contributed by atoms with Crippen LogP contribution >= 0.6 is 0 Å². The lowest BCUT2D eigenvalue weighted by Gasteiger charge is -2.42. The molecule has 1 aliphatic carbocycles. The quantitative estimate of drug-likeness (QED) is 0.788. The van der Waals surface area contributed by atoms with Crippen molar-refractivity contribution in [1.82, 2.24) is 9.80 Å². The second-order valence-electron chi connectivity index (χ2n) is 8.15. The number of hydrogen-bond acceptors (Lipinski definition) is 3. The smallest absolute Gasteiger partial charge is 0.0329 e. The summed E-state index contributed by atoms with van der Waals surface area (Å²) in [6.07, 6.45) is 6.54. The molecule has 2 unspecified atom stereocenters. The Labute approximate surface area is 126 Å². The molecule has 0 aromatic heterocycles. The Bertz CT molecular complexity index is 282. The number of nitrogens with two attached hydrogens (primary N) is 1. The fourth-order valence-corrected chi connectivity index (χ4v) is 3.58. The summed E-state index contributed by atoms with van der Waals surface area (Å²) >= 11 is 0. The summed E-state index contributed by atoms with van der Waals surface area (Å²) in [6.45, 7) is 10.2. The van der Waals surface area contributed by atoms with E-state index in [0.717, 1.165) is 25.6 Å². The van der Waals surface area contributed by atoms with Crippen LogP contribution in [-0.2, 0) is 0 Å². The lowest BCUT2D eigenvalue weighted by molar-refractivity contribution is 0.0948. The first-order chi connectivity index (χ1) is 9.21. The highest BCUT2D eigenvalue weighted by atomic mass is 15.2. The van der Waals surface area contributed by atoms with Crippen molar-refractivity contribution in [3.8, 4) is 0 Å². The maximum atomic E-state index is 6.21. The normalized spacial score (nSPS) is 28.9. The van der Waals surface area contributed by atoms with Gasteiger partial charge in [0.2, 0.25) is 0 Å². The van der Waals surface area contributed by atoms with E-state index in [4.69, 9.17) is 5.73 Å². The predicted octanol–water partition coefficient (Wildman–Crippen LogP) is 2.80. The fraction of sp³-hybridized carbons (Fsp3) is 1.00. The molecule has 2 atom stereocenters. The van der Waals surface area contributed by atoms with Crippen LogP contribution in [0.15, 0.2) is 0 Å². The molecule has 0 aromatic rings. The molecule has 0 radical (unpaired) electrons. The second kappa shape index (κ2) is 7.24. The topological polar surface area (TPSA) is 32.5 Å². The van der Waals surface area contributed by atoms with Crippen molar-refractivity contribution in [3.05, 3.63) is 0 Å². The van der Waals surface area contributed by atoms with Gasteiger partial charge in [-0.05, 0) is 58.2 Å². The van der Waals surface area contributed by atoms with Crippen LogP contribution in [0.4, 0.5) is 0 Å². The third kappa shape index (κ3) is 4.71. The van der Waals surface area contributed by atoms with Crippen molar-refractivity contribution in [2.45, 2.75) is 58.4 Å². The Balaban J connectivity index is 2.69. The maximum Gasteiger partial charge on any atom is 0.0329 e. The second-order valence-corrected chi connectivity index (χ2v) is 8.15. The van der Waals surface area contributed by atoms with Gasteiger partial charge in [0, 0.05) is 25.2 Å². The van der Waals surface area contributed by atoms with Crippen LogP contribution in [0.1, 0.15) is 52.9 Å². The van der Waals surface area contributed by atoms with Gasteiger partial charge in [-0.1, -0.05) is 27.2 Å². The van der Waals surface area contributed by atoms with E-state index >= 15 is 0 Å². The van der Waals surface area contributed by atoms with Crippen LogP contribution in [0.25, 0.3) is 0 Å². The molecule has 20 heavy (non-hydrogen) atoms. The minimum atomic E-state index is 0.232. The Morgan fingerprint density at radius 1 is 1.05 bits per heavy atom. The van der Waals surface area contributed by atoms with E-state index in [1.54, 1.807) is 0 Å². The molecule has 0 amide bonds. The van der Waals surface area contributed by atoms with Crippen molar-refractivity contribution in [3.63, 3.8) is 0 Å². The van der Waals surface area contributed by atoms with Crippen LogP contribution < -0.4 is 5.73 Å². The summed E-state index contributed by atoms with van der Waals surface area (Å²) in [5.41, 5.74) is 6.88. The fourth-order valence-electron chi connectivity index (χ4n) is 3.58. The summed E-state index contributed by atoms with van der Waals surface area (Å²) < 4.78 is 0. The predicted molar refractivity (Wildman–Crippen MR) is 89.0 cm³/mol. The summed E-state index contributed by atoms with van der Waals surface area (Å²) in [5, 5.41) is 0. The molecular weight excluding hydrogens is 246 g/mol. The first-order valence-corrected chi connectivity index (χ1v) is 8.27. The first kappa shape index (κ1) is 17.9. The molecule has 1 fully saturated rings. The standard InChI is InChI=1S/C17H37N3/c1-16(2,3)15-8-7-10-17(14-18,11-9-15)20(6)13-12-19(4)5/h15H,7-14,18H2,1-6H3. The highest BCUT2D eigenvalue weighted by Gasteiger charge is 2.37. The zero-order valence-electron chi connectivity index (χ0n) is 14.7. The molecule has 3 heteroatoms. The lowest BCUT2D eigenvalue weighted by atomic mass is 9.76. The van der Waals surface area contributed by atoms with E-state index in [1.807, 2.05) is 0 Å².